The van der Waals surface area contributed by atoms with Crippen LogP contribution in [0, 0.1) is 23.7 Å². The minimum Gasteiger partial charge on any atom is -0.382 e. The summed E-state index contributed by atoms with van der Waals surface area (Å²) in [7, 11) is 8.39. The fourth-order valence-corrected chi connectivity index (χ4v) is 10.1. The lowest BCUT2D eigenvalue weighted by Gasteiger charge is -2.41. The quantitative estimate of drug-likeness (QED) is 0.0474. The Labute approximate surface area is 470 Å². The number of amides is 9. The van der Waals surface area contributed by atoms with Gasteiger partial charge in [-0.3, -0.25) is 48.1 Å². The van der Waals surface area contributed by atoms with Gasteiger partial charge in [0.15, 0.2) is 0 Å². The summed E-state index contributed by atoms with van der Waals surface area (Å²) in [6, 6.07) is 3.88. The van der Waals surface area contributed by atoms with Crippen molar-refractivity contribution in [3.63, 3.8) is 0 Å². The first-order valence-electron chi connectivity index (χ1n) is 28.3. The maximum Gasteiger partial charge on any atom is 0.245 e. The molecule has 1 aromatic carbocycles. The van der Waals surface area contributed by atoms with Gasteiger partial charge in [-0.15, -0.1) is 0 Å². The zero-order valence-corrected chi connectivity index (χ0v) is 50.0. The van der Waals surface area contributed by atoms with Crippen LogP contribution in [-0.2, 0) is 63.8 Å². The van der Waals surface area contributed by atoms with E-state index in [-0.39, 0.29) is 80.2 Å². The molecule has 1 fully saturated rings. The van der Waals surface area contributed by atoms with E-state index in [1.54, 1.807) is 23.8 Å². The number of carbonyl (C=O) groups excluding carboxylic acids is 9. The zero-order valence-electron chi connectivity index (χ0n) is 50.0. The molecule has 22 nitrogen and oxygen atoms in total. The highest BCUT2D eigenvalue weighted by molar-refractivity contribution is 5.93. The molecule has 1 heterocycles. The van der Waals surface area contributed by atoms with E-state index in [0.29, 0.717) is 52.0 Å². The van der Waals surface area contributed by atoms with Crippen molar-refractivity contribution in [2.45, 2.75) is 175 Å². The number of methoxy groups -OCH3 is 2. The van der Waals surface area contributed by atoms with E-state index in [2.05, 4.69) is 37.2 Å². The van der Waals surface area contributed by atoms with E-state index in [4.69, 9.17) is 14.2 Å². The second-order valence-electron chi connectivity index (χ2n) is 21.7. The molecule has 1 aliphatic heterocycles. The van der Waals surface area contributed by atoms with Gasteiger partial charge in [0.1, 0.15) is 24.2 Å². The number of ether oxygens (including phenoxy) is 3. The number of nitrogens with zero attached hydrogens (tertiary/aromatic N) is 3. The third kappa shape index (κ3) is 22.8. The van der Waals surface area contributed by atoms with Crippen LogP contribution in [-0.4, -0.2) is 197 Å². The van der Waals surface area contributed by atoms with E-state index in [0.717, 1.165) is 5.56 Å². The molecule has 2 rings (SSSR count). The SMILES string of the molecule is CCOCCCNC(=O)CCC(=O)NC(C)C(=O)NC(C)C(=O)NCCNC(=O)C(Cc1ccccc1)NC(=O)C(C)C(OC)C1CCCN1C(=O)CC(OC)C(C(C)CC)N(C)C(=O)C(NC(=O)C(C(C)C)N(C)C)C(C)C. The van der Waals surface area contributed by atoms with Crippen molar-refractivity contribution in [2.24, 2.45) is 23.7 Å². The summed E-state index contributed by atoms with van der Waals surface area (Å²) < 4.78 is 17.3. The number of likely N-dealkylation sites (tertiary alicyclic amines) is 1. The lowest BCUT2D eigenvalue weighted by atomic mass is 9.89. The number of likely N-dealkylation sites (N-methyl/N-ethyl adjacent to an activating group) is 2. The number of benzene rings is 1. The summed E-state index contributed by atoms with van der Waals surface area (Å²) in [5.74, 6) is -4.79. The van der Waals surface area contributed by atoms with E-state index in [1.165, 1.54) is 28.1 Å². The minimum absolute atomic E-state index is 0.00372. The highest BCUT2D eigenvalue weighted by atomic mass is 16.5. The Hall–Kier alpha value is -5.71. The van der Waals surface area contributed by atoms with Gasteiger partial charge in [0.05, 0.1) is 42.7 Å². The highest BCUT2D eigenvalue weighted by Gasteiger charge is 2.43. The Morgan fingerprint density at radius 1 is 0.684 bits per heavy atom. The van der Waals surface area contributed by atoms with E-state index in [1.807, 2.05) is 97.8 Å². The lowest BCUT2D eigenvalue weighted by Crippen LogP contribution is -2.59. The minimum atomic E-state index is -1.03. The second kappa shape index (κ2) is 35.8. The summed E-state index contributed by atoms with van der Waals surface area (Å²) in [6.07, 6.45) is 0.998. The molecule has 22 heteroatoms. The van der Waals surface area contributed by atoms with Gasteiger partial charge in [-0.1, -0.05) is 85.2 Å². The maximum atomic E-state index is 14.5. The molecule has 11 unspecified atom stereocenters. The molecule has 79 heavy (non-hydrogen) atoms. The standard InChI is InChI=1S/C57H98N10O12/c1-16-37(7)50(66(13)57(76)48(35(3)4)64-56(75)49(36(5)6)65(11)12)44(77-14)34-47(70)67-31-21-25-43(67)51(78-15)38(8)52(71)63-42(33-41-23-19-18-20-24-41)55(74)60-30-29-59-53(72)39(9)62-54(73)40(10)61-46(69)27-26-45(68)58-28-22-32-79-17-2/h18-20,23-24,35-40,42-44,48-51H,16-17,21-22,25-34H2,1-15H3,(H,58,68)(H,59,72)(H,60,74)(H,61,69)(H,62,73)(H,63,71)(H,64,75). The third-order valence-electron chi connectivity index (χ3n) is 14.7. The average molecular weight is 1120 g/mol. The molecule has 1 saturated heterocycles. The van der Waals surface area contributed by atoms with Crippen molar-refractivity contribution in [3.05, 3.63) is 35.9 Å². The van der Waals surface area contributed by atoms with Gasteiger partial charge < -0.3 is 61.2 Å². The second-order valence-corrected chi connectivity index (χ2v) is 21.7. The monoisotopic (exact) mass is 1110 g/mol. The van der Waals surface area contributed by atoms with E-state index >= 15 is 0 Å². The van der Waals surface area contributed by atoms with Gasteiger partial charge >= 0.3 is 0 Å². The van der Waals surface area contributed by atoms with Crippen LogP contribution in [0.4, 0.5) is 0 Å². The topological polar surface area (TPSA) is 275 Å². The number of hydrogen-bond donors (Lipinski definition) is 7. The first-order valence-corrected chi connectivity index (χ1v) is 28.3. The van der Waals surface area contributed by atoms with Gasteiger partial charge in [0, 0.05) is 79.9 Å². The third-order valence-corrected chi connectivity index (χ3v) is 14.7. The maximum absolute atomic E-state index is 14.5. The van der Waals surface area contributed by atoms with Gasteiger partial charge in [-0.2, -0.15) is 0 Å². The first-order chi connectivity index (χ1) is 37.3. The van der Waals surface area contributed by atoms with Crippen molar-refractivity contribution in [2.75, 3.05) is 74.8 Å². The Morgan fingerprint density at radius 2 is 1.30 bits per heavy atom. The fourth-order valence-electron chi connectivity index (χ4n) is 10.1. The first kappa shape index (κ1) is 69.4. The molecule has 7 N–H and O–H groups in total. The van der Waals surface area contributed by atoms with Gasteiger partial charge in [-0.25, -0.2) is 0 Å². The number of rotatable bonds is 36. The van der Waals surface area contributed by atoms with Crippen molar-refractivity contribution < 1.29 is 57.4 Å². The predicted octanol–water partition coefficient (Wildman–Crippen LogP) is 1.93. The molecule has 0 aliphatic carbocycles. The molecule has 0 radical (unpaired) electrons. The lowest BCUT2D eigenvalue weighted by molar-refractivity contribution is -0.148. The summed E-state index contributed by atoms with van der Waals surface area (Å²) in [5, 5.41) is 19.2. The van der Waals surface area contributed by atoms with Crippen LogP contribution in [0.3, 0.4) is 0 Å². The molecule has 0 spiro atoms. The Bertz CT molecular complexity index is 2090. The molecule has 9 amide bonds. The van der Waals surface area contributed by atoms with Gasteiger partial charge in [0.2, 0.25) is 53.2 Å². The molecule has 1 aromatic rings. The highest BCUT2D eigenvalue weighted by Crippen LogP contribution is 2.30. The van der Waals surface area contributed by atoms with Crippen LogP contribution >= 0.6 is 0 Å². The van der Waals surface area contributed by atoms with Crippen molar-refractivity contribution in [3.8, 4) is 0 Å². The summed E-state index contributed by atoms with van der Waals surface area (Å²) in [4.78, 5) is 126. The molecular weight excluding hydrogens is 1020 g/mol. The van der Waals surface area contributed by atoms with Crippen molar-refractivity contribution in [1.82, 2.24) is 51.9 Å². The van der Waals surface area contributed by atoms with E-state index < -0.39 is 90.0 Å². The summed E-state index contributed by atoms with van der Waals surface area (Å²) in [5.41, 5.74) is 0.786. The number of hydrogen-bond acceptors (Lipinski definition) is 13. The van der Waals surface area contributed by atoms with Crippen LogP contribution in [0.5, 0.6) is 0 Å². The Balaban J connectivity index is 2.12. The van der Waals surface area contributed by atoms with Crippen LogP contribution < -0.4 is 37.2 Å². The summed E-state index contributed by atoms with van der Waals surface area (Å²) in [6.45, 7) is 20.2. The zero-order chi connectivity index (χ0) is 59.5. The van der Waals surface area contributed by atoms with Crippen molar-refractivity contribution in [1.29, 1.82) is 0 Å². The smallest absolute Gasteiger partial charge is 0.245 e. The van der Waals surface area contributed by atoms with E-state index in [9.17, 15) is 43.2 Å². The molecule has 1 aliphatic rings. The summed E-state index contributed by atoms with van der Waals surface area (Å²) >= 11 is 0. The molecular formula is C57H98N10O12. The Morgan fingerprint density at radius 3 is 1.87 bits per heavy atom. The van der Waals surface area contributed by atoms with Crippen LogP contribution in [0.1, 0.15) is 120 Å². The van der Waals surface area contributed by atoms with Gasteiger partial charge in [-0.05, 0) is 77.4 Å². The number of carbonyl (C=O) groups is 9. The average Bonchev–Trinajstić information content (AvgIpc) is 3.92. The number of nitrogens with one attached hydrogen (secondary N) is 7. The van der Waals surface area contributed by atoms with Crippen LogP contribution in [0.15, 0.2) is 30.3 Å². The van der Waals surface area contributed by atoms with Crippen LogP contribution in [0.25, 0.3) is 0 Å². The van der Waals surface area contributed by atoms with Crippen molar-refractivity contribution >= 4 is 53.2 Å². The largest absolute Gasteiger partial charge is 0.382 e. The molecule has 0 aromatic heterocycles. The van der Waals surface area contributed by atoms with Gasteiger partial charge in [0.25, 0.3) is 0 Å². The normalized spacial score (nSPS) is 17.2. The molecule has 11 atom stereocenters. The molecule has 0 bridgehead atoms. The molecule has 448 valence electrons. The predicted molar refractivity (Wildman–Crippen MR) is 302 cm³/mol. The molecule has 0 saturated carbocycles. The Kier molecular flexibility index (Phi) is 31.5. The fraction of sp³-hybridized carbons (Fsp3) is 0.737. The van der Waals surface area contributed by atoms with Crippen LogP contribution in [0.2, 0.25) is 0 Å².